The van der Waals surface area contributed by atoms with Gasteiger partial charge in [-0.1, -0.05) is 0 Å². The van der Waals surface area contributed by atoms with E-state index in [-0.39, 0.29) is 12.2 Å². The molecule has 2 N–H and O–H groups in total. The van der Waals surface area contributed by atoms with Crippen molar-refractivity contribution < 1.29 is 19.7 Å². The molecule has 1 fully saturated rings. The highest BCUT2D eigenvalue weighted by Crippen LogP contribution is 2.22. The predicted molar refractivity (Wildman–Crippen MR) is 42.8 cm³/mol. The molecule has 0 amide bonds. The smallest absolute Gasteiger partial charge is 0.111 e. The van der Waals surface area contributed by atoms with Gasteiger partial charge in [0.05, 0.1) is 12.2 Å². The Bertz CT molecular complexity index is 150. The van der Waals surface area contributed by atoms with Crippen molar-refractivity contribution in [3.8, 4) is 0 Å². The zero-order valence-corrected chi connectivity index (χ0v) is 7.60. The Morgan fingerprint density at radius 3 is 2.17 bits per heavy atom. The molecule has 4 nitrogen and oxygen atoms in total. The zero-order valence-electron chi connectivity index (χ0n) is 7.60. The van der Waals surface area contributed by atoms with Crippen LogP contribution in [-0.2, 0) is 9.47 Å². The largest absolute Gasteiger partial charge is 0.388 e. The highest BCUT2D eigenvalue weighted by atomic mass is 16.6. The summed E-state index contributed by atoms with van der Waals surface area (Å²) in [6.07, 6.45) is -2.65. The minimum Gasteiger partial charge on any atom is -0.388 e. The van der Waals surface area contributed by atoms with Crippen LogP contribution in [0.1, 0.15) is 13.8 Å². The Kier molecular flexibility index (Phi) is 3.06. The van der Waals surface area contributed by atoms with Crippen LogP contribution in [0.4, 0.5) is 0 Å². The van der Waals surface area contributed by atoms with Crippen molar-refractivity contribution in [2.45, 2.75) is 44.4 Å². The summed E-state index contributed by atoms with van der Waals surface area (Å²) < 4.78 is 10.3. The van der Waals surface area contributed by atoms with Gasteiger partial charge in [0.15, 0.2) is 0 Å². The fourth-order valence-electron chi connectivity index (χ4n) is 1.58. The van der Waals surface area contributed by atoms with Crippen LogP contribution in [0.25, 0.3) is 0 Å². The molecule has 12 heavy (non-hydrogen) atoms. The van der Waals surface area contributed by atoms with Gasteiger partial charge in [0.25, 0.3) is 0 Å². The van der Waals surface area contributed by atoms with Crippen LogP contribution in [0, 0.1) is 0 Å². The molecule has 0 aliphatic carbocycles. The molecule has 1 saturated heterocycles. The molecule has 0 bridgehead atoms. The van der Waals surface area contributed by atoms with E-state index < -0.39 is 18.3 Å². The predicted octanol–water partition coefficient (Wildman–Crippen LogP) is -0.470. The van der Waals surface area contributed by atoms with Crippen LogP contribution in [0.5, 0.6) is 0 Å². The van der Waals surface area contributed by atoms with Gasteiger partial charge in [0.2, 0.25) is 0 Å². The molecule has 1 rings (SSSR count). The minimum atomic E-state index is -0.855. The van der Waals surface area contributed by atoms with Crippen molar-refractivity contribution in [1.82, 2.24) is 0 Å². The summed E-state index contributed by atoms with van der Waals surface area (Å²) in [6.45, 7) is 3.55. The minimum absolute atomic E-state index is 0.177. The lowest BCUT2D eigenvalue weighted by Crippen LogP contribution is -2.56. The molecule has 4 heteroatoms. The van der Waals surface area contributed by atoms with Gasteiger partial charge in [0.1, 0.15) is 18.3 Å². The van der Waals surface area contributed by atoms with Crippen molar-refractivity contribution in [2.24, 2.45) is 0 Å². The first-order chi connectivity index (χ1) is 5.57. The highest BCUT2D eigenvalue weighted by molar-refractivity contribution is 4.89. The molecule has 1 heterocycles. The summed E-state index contributed by atoms with van der Waals surface area (Å²) in [5.74, 6) is 0. The maximum atomic E-state index is 9.52. The van der Waals surface area contributed by atoms with Crippen LogP contribution in [0.3, 0.4) is 0 Å². The van der Waals surface area contributed by atoms with E-state index in [2.05, 4.69) is 0 Å². The van der Waals surface area contributed by atoms with E-state index in [0.29, 0.717) is 0 Å². The Hall–Kier alpha value is -0.160. The lowest BCUT2D eigenvalue weighted by Gasteiger charge is -2.39. The summed E-state index contributed by atoms with van der Waals surface area (Å²) in [5.41, 5.74) is 0. The van der Waals surface area contributed by atoms with Crippen LogP contribution in [0.15, 0.2) is 0 Å². The average molecular weight is 176 g/mol. The number of ether oxygens (including phenoxy) is 2. The molecule has 5 atom stereocenters. The summed E-state index contributed by atoms with van der Waals surface area (Å²) in [6, 6.07) is 0. The normalized spacial score (nSPS) is 49.2. The number of aliphatic hydroxyl groups is 2. The van der Waals surface area contributed by atoms with E-state index in [1.165, 1.54) is 7.11 Å². The monoisotopic (exact) mass is 176 g/mol. The lowest BCUT2D eigenvalue weighted by molar-refractivity contribution is -0.219. The summed E-state index contributed by atoms with van der Waals surface area (Å²) in [5, 5.41) is 18.9. The molecule has 0 saturated carbocycles. The van der Waals surface area contributed by atoms with Crippen molar-refractivity contribution >= 4 is 0 Å². The average Bonchev–Trinajstić information content (AvgIpc) is 2.01. The van der Waals surface area contributed by atoms with Gasteiger partial charge in [-0.05, 0) is 13.8 Å². The van der Waals surface area contributed by atoms with Crippen molar-refractivity contribution in [1.29, 1.82) is 0 Å². The zero-order chi connectivity index (χ0) is 9.30. The molecule has 1 aliphatic rings. The Morgan fingerprint density at radius 2 is 1.67 bits per heavy atom. The molecule has 3 unspecified atom stereocenters. The third-order valence-electron chi connectivity index (χ3n) is 2.33. The van der Waals surface area contributed by atoms with Gasteiger partial charge >= 0.3 is 0 Å². The Labute approximate surface area is 72.1 Å². The molecule has 0 spiro atoms. The second-order valence-electron chi connectivity index (χ2n) is 3.23. The molecule has 0 aromatic rings. The van der Waals surface area contributed by atoms with Crippen LogP contribution < -0.4 is 0 Å². The summed E-state index contributed by atoms with van der Waals surface area (Å²) in [7, 11) is 1.50. The number of hydrogen-bond donors (Lipinski definition) is 2. The van der Waals surface area contributed by atoms with Gasteiger partial charge in [0, 0.05) is 7.11 Å². The van der Waals surface area contributed by atoms with Crippen LogP contribution in [0.2, 0.25) is 0 Å². The van der Waals surface area contributed by atoms with E-state index >= 15 is 0 Å². The lowest BCUT2D eigenvalue weighted by atomic mass is 9.96. The van der Waals surface area contributed by atoms with Gasteiger partial charge in [-0.2, -0.15) is 0 Å². The van der Waals surface area contributed by atoms with Gasteiger partial charge < -0.3 is 19.7 Å². The van der Waals surface area contributed by atoms with Crippen molar-refractivity contribution in [2.75, 3.05) is 7.11 Å². The van der Waals surface area contributed by atoms with E-state index in [0.717, 1.165) is 0 Å². The fraction of sp³-hybridized carbons (Fsp3) is 1.00. The molecular formula is C8H16O4. The first-order valence-electron chi connectivity index (χ1n) is 4.12. The standard InChI is InChI=1S/C8H16O4/c1-4-6(9)7(10)8(11-3)5(2)12-4/h4-10H,1-3H3/t4?,5?,6?,7-,8-/m1/s1. The molecule has 0 aromatic carbocycles. The first-order valence-corrected chi connectivity index (χ1v) is 4.12. The quantitative estimate of drug-likeness (QED) is 0.567. The van der Waals surface area contributed by atoms with Gasteiger partial charge in [-0.15, -0.1) is 0 Å². The van der Waals surface area contributed by atoms with Crippen molar-refractivity contribution in [3.05, 3.63) is 0 Å². The molecule has 0 radical (unpaired) electrons. The Morgan fingerprint density at radius 1 is 1.08 bits per heavy atom. The van der Waals surface area contributed by atoms with Crippen LogP contribution in [-0.4, -0.2) is 47.8 Å². The van der Waals surface area contributed by atoms with Gasteiger partial charge in [-0.25, -0.2) is 0 Å². The third kappa shape index (κ3) is 1.61. The second kappa shape index (κ2) is 3.70. The number of rotatable bonds is 1. The number of methoxy groups -OCH3 is 1. The van der Waals surface area contributed by atoms with E-state index in [1.807, 2.05) is 6.92 Å². The maximum Gasteiger partial charge on any atom is 0.111 e. The van der Waals surface area contributed by atoms with Gasteiger partial charge in [-0.3, -0.25) is 0 Å². The Balaban J connectivity index is 2.65. The van der Waals surface area contributed by atoms with Crippen molar-refractivity contribution in [3.63, 3.8) is 0 Å². The van der Waals surface area contributed by atoms with E-state index in [9.17, 15) is 10.2 Å². The fourth-order valence-corrected chi connectivity index (χ4v) is 1.58. The van der Waals surface area contributed by atoms with E-state index in [1.54, 1.807) is 6.92 Å². The highest BCUT2D eigenvalue weighted by Gasteiger charge is 2.40. The second-order valence-corrected chi connectivity index (χ2v) is 3.23. The summed E-state index contributed by atoms with van der Waals surface area (Å²) in [4.78, 5) is 0. The topological polar surface area (TPSA) is 58.9 Å². The first kappa shape index (κ1) is 9.92. The number of hydrogen-bond acceptors (Lipinski definition) is 4. The number of aliphatic hydroxyl groups excluding tert-OH is 2. The third-order valence-corrected chi connectivity index (χ3v) is 2.33. The molecule has 0 aromatic heterocycles. The van der Waals surface area contributed by atoms with Crippen LogP contribution >= 0.6 is 0 Å². The molecular weight excluding hydrogens is 160 g/mol. The SMILES string of the molecule is CO[C@@H]1C(C)OC(C)C(O)[C@H]1O. The summed E-state index contributed by atoms with van der Waals surface area (Å²) >= 11 is 0. The maximum absolute atomic E-state index is 9.52. The molecule has 72 valence electrons. The van der Waals surface area contributed by atoms with E-state index in [4.69, 9.17) is 9.47 Å². The molecule has 1 aliphatic heterocycles.